The molecule has 0 aromatic heterocycles. The van der Waals surface area contributed by atoms with Crippen LogP contribution in [-0.4, -0.2) is 5.84 Å². The lowest BCUT2D eigenvalue weighted by molar-refractivity contribution is 0.702. The SMILES string of the molecule is C=C(C=C(C)C)NC1=NC(c2ccccc2-c2ccccc2)Nc2ccccc21.CCCCCC. The van der Waals surface area contributed by atoms with E-state index in [0.717, 1.165) is 28.3 Å². The summed E-state index contributed by atoms with van der Waals surface area (Å²) >= 11 is 0. The molecular formula is C32H39N3. The quantitative estimate of drug-likeness (QED) is 0.270. The molecule has 1 atom stereocenters. The van der Waals surface area contributed by atoms with Crippen molar-refractivity contribution >= 4 is 11.5 Å². The van der Waals surface area contributed by atoms with Crippen molar-refractivity contribution in [1.82, 2.24) is 5.32 Å². The zero-order valence-electron chi connectivity index (χ0n) is 21.6. The standard InChI is InChI=1S/C26H25N3.C6H14/c1-18(2)17-19(3)27-26-23-15-9-10-16-24(23)28-25(29-26)22-14-8-7-13-21(22)20-11-5-4-6-12-20;1-3-5-6-4-2/h4-17,25,28H,3H2,1-2H3,(H,27,29);3-6H2,1-2H3. The topological polar surface area (TPSA) is 36.4 Å². The average molecular weight is 466 g/mol. The van der Waals surface area contributed by atoms with Crippen LogP contribution in [0, 0.1) is 0 Å². The van der Waals surface area contributed by atoms with Gasteiger partial charge in [-0.05, 0) is 43.2 Å². The number of para-hydroxylation sites is 1. The molecule has 0 amide bonds. The molecule has 0 spiro atoms. The van der Waals surface area contributed by atoms with Crippen LogP contribution >= 0.6 is 0 Å². The van der Waals surface area contributed by atoms with Crippen LogP contribution in [-0.2, 0) is 0 Å². The summed E-state index contributed by atoms with van der Waals surface area (Å²) in [6, 6.07) is 27.1. The summed E-state index contributed by atoms with van der Waals surface area (Å²) in [6.45, 7) is 12.7. The Balaban J connectivity index is 0.000000509. The Morgan fingerprint density at radius 2 is 1.46 bits per heavy atom. The van der Waals surface area contributed by atoms with Crippen LogP contribution in [0.2, 0.25) is 0 Å². The van der Waals surface area contributed by atoms with Gasteiger partial charge < -0.3 is 10.6 Å². The van der Waals surface area contributed by atoms with E-state index < -0.39 is 0 Å². The second kappa shape index (κ2) is 13.3. The van der Waals surface area contributed by atoms with E-state index in [-0.39, 0.29) is 6.17 Å². The Morgan fingerprint density at radius 3 is 2.11 bits per heavy atom. The summed E-state index contributed by atoms with van der Waals surface area (Å²) in [6.07, 6.45) is 7.37. The van der Waals surface area contributed by atoms with Crippen LogP contribution in [0.3, 0.4) is 0 Å². The minimum Gasteiger partial charge on any atom is -0.359 e. The van der Waals surface area contributed by atoms with E-state index in [2.05, 4.69) is 106 Å². The molecule has 35 heavy (non-hydrogen) atoms. The van der Waals surface area contributed by atoms with Crippen molar-refractivity contribution in [2.75, 3.05) is 5.32 Å². The lowest BCUT2D eigenvalue weighted by Crippen LogP contribution is -2.30. The molecule has 1 unspecified atom stereocenters. The summed E-state index contributed by atoms with van der Waals surface area (Å²) in [7, 11) is 0. The Bertz CT molecular complexity index is 1150. The molecule has 4 rings (SSSR count). The van der Waals surface area contributed by atoms with E-state index in [9.17, 15) is 0 Å². The van der Waals surface area contributed by atoms with Crippen LogP contribution in [0.4, 0.5) is 5.69 Å². The number of nitrogens with one attached hydrogen (secondary N) is 2. The number of aliphatic imine (C=N–C) groups is 1. The molecular weight excluding hydrogens is 426 g/mol. The maximum atomic E-state index is 5.03. The van der Waals surface area contributed by atoms with Crippen LogP contribution < -0.4 is 10.6 Å². The number of fused-ring (bicyclic) bond motifs is 1. The molecule has 0 saturated heterocycles. The molecule has 0 saturated carbocycles. The number of rotatable bonds is 7. The van der Waals surface area contributed by atoms with Gasteiger partial charge in [-0.2, -0.15) is 0 Å². The highest BCUT2D eigenvalue weighted by Crippen LogP contribution is 2.34. The minimum absolute atomic E-state index is 0.191. The van der Waals surface area contributed by atoms with Gasteiger partial charge in [0.15, 0.2) is 0 Å². The van der Waals surface area contributed by atoms with Gasteiger partial charge in [-0.3, -0.25) is 0 Å². The maximum absolute atomic E-state index is 5.03. The lowest BCUT2D eigenvalue weighted by atomic mass is 9.97. The highest BCUT2D eigenvalue weighted by Gasteiger charge is 2.23. The van der Waals surface area contributed by atoms with Crippen LogP contribution in [0.1, 0.15) is 70.7 Å². The Hall–Kier alpha value is -3.59. The third-order valence-corrected chi connectivity index (χ3v) is 5.77. The van der Waals surface area contributed by atoms with E-state index in [4.69, 9.17) is 4.99 Å². The molecule has 3 aromatic carbocycles. The number of anilines is 1. The third-order valence-electron chi connectivity index (χ3n) is 5.77. The van der Waals surface area contributed by atoms with Gasteiger partial charge in [-0.15, -0.1) is 0 Å². The van der Waals surface area contributed by atoms with Crippen molar-refractivity contribution in [2.24, 2.45) is 4.99 Å². The van der Waals surface area contributed by atoms with Crippen molar-refractivity contribution in [3.05, 3.63) is 114 Å². The number of allylic oxidation sites excluding steroid dienone is 2. The highest BCUT2D eigenvalue weighted by atomic mass is 15.2. The van der Waals surface area contributed by atoms with E-state index >= 15 is 0 Å². The Morgan fingerprint density at radius 1 is 0.857 bits per heavy atom. The molecule has 1 aliphatic rings. The fraction of sp³-hybridized carbons (Fsp3) is 0.281. The number of hydrogen-bond acceptors (Lipinski definition) is 3. The average Bonchev–Trinajstić information content (AvgIpc) is 2.88. The van der Waals surface area contributed by atoms with Gasteiger partial charge in [0.05, 0.1) is 0 Å². The molecule has 0 bridgehead atoms. The second-order valence-corrected chi connectivity index (χ2v) is 9.10. The summed E-state index contributed by atoms with van der Waals surface area (Å²) in [5.74, 6) is 0.828. The predicted octanol–water partition coefficient (Wildman–Crippen LogP) is 8.88. The minimum atomic E-state index is -0.191. The molecule has 3 nitrogen and oxygen atoms in total. The molecule has 182 valence electrons. The summed E-state index contributed by atoms with van der Waals surface area (Å²) in [5.41, 5.74) is 7.62. The van der Waals surface area contributed by atoms with Crippen molar-refractivity contribution in [3.8, 4) is 11.1 Å². The zero-order chi connectivity index (χ0) is 25.0. The monoisotopic (exact) mass is 465 g/mol. The summed E-state index contributed by atoms with van der Waals surface area (Å²) < 4.78 is 0. The molecule has 1 aliphatic heterocycles. The fourth-order valence-corrected chi connectivity index (χ4v) is 4.09. The predicted molar refractivity (Wildman–Crippen MR) is 153 cm³/mol. The number of nitrogens with zero attached hydrogens (tertiary/aromatic N) is 1. The summed E-state index contributed by atoms with van der Waals surface area (Å²) in [5, 5.41) is 7.00. The van der Waals surface area contributed by atoms with Crippen molar-refractivity contribution in [2.45, 2.75) is 59.5 Å². The maximum Gasteiger partial charge on any atom is 0.147 e. The summed E-state index contributed by atoms with van der Waals surface area (Å²) in [4.78, 5) is 5.03. The van der Waals surface area contributed by atoms with Crippen LogP contribution in [0.25, 0.3) is 11.1 Å². The lowest BCUT2D eigenvalue weighted by Gasteiger charge is -2.28. The van der Waals surface area contributed by atoms with E-state index in [0.29, 0.717) is 0 Å². The molecule has 0 aliphatic carbocycles. The number of unbranched alkanes of at least 4 members (excludes halogenated alkanes) is 3. The van der Waals surface area contributed by atoms with E-state index in [1.807, 2.05) is 24.3 Å². The molecule has 1 heterocycles. The van der Waals surface area contributed by atoms with E-state index in [1.165, 1.54) is 42.4 Å². The second-order valence-electron chi connectivity index (χ2n) is 9.10. The van der Waals surface area contributed by atoms with Gasteiger partial charge in [0.1, 0.15) is 12.0 Å². The van der Waals surface area contributed by atoms with Gasteiger partial charge in [-0.25, -0.2) is 4.99 Å². The van der Waals surface area contributed by atoms with Crippen molar-refractivity contribution < 1.29 is 0 Å². The highest BCUT2D eigenvalue weighted by molar-refractivity contribution is 6.06. The van der Waals surface area contributed by atoms with Gasteiger partial charge in [0.25, 0.3) is 0 Å². The van der Waals surface area contributed by atoms with Crippen molar-refractivity contribution in [3.63, 3.8) is 0 Å². The molecule has 2 N–H and O–H groups in total. The first-order valence-electron chi connectivity index (χ1n) is 12.7. The van der Waals surface area contributed by atoms with Gasteiger partial charge in [0, 0.05) is 22.5 Å². The number of benzene rings is 3. The third kappa shape index (κ3) is 7.45. The van der Waals surface area contributed by atoms with Gasteiger partial charge >= 0.3 is 0 Å². The Labute approximate surface area is 211 Å². The Kier molecular flexibility index (Phi) is 9.92. The first-order chi connectivity index (χ1) is 17.0. The van der Waals surface area contributed by atoms with Crippen molar-refractivity contribution in [1.29, 1.82) is 0 Å². The van der Waals surface area contributed by atoms with Gasteiger partial charge in [0.2, 0.25) is 0 Å². The largest absolute Gasteiger partial charge is 0.359 e. The first-order valence-corrected chi connectivity index (χ1v) is 12.7. The molecule has 0 fully saturated rings. The molecule has 0 radical (unpaired) electrons. The number of hydrogen-bond donors (Lipinski definition) is 2. The first kappa shape index (κ1) is 26.0. The molecule has 3 aromatic rings. The van der Waals surface area contributed by atoms with Crippen LogP contribution in [0.15, 0.2) is 108 Å². The smallest absolute Gasteiger partial charge is 0.147 e. The van der Waals surface area contributed by atoms with Crippen LogP contribution in [0.5, 0.6) is 0 Å². The van der Waals surface area contributed by atoms with E-state index in [1.54, 1.807) is 0 Å². The normalized spacial score (nSPS) is 13.8. The molecule has 3 heteroatoms. The number of amidine groups is 1. The zero-order valence-corrected chi connectivity index (χ0v) is 21.6. The van der Waals surface area contributed by atoms with Gasteiger partial charge in [-0.1, -0.05) is 118 Å². The fourth-order valence-electron chi connectivity index (χ4n) is 4.09.